The SMILES string of the molecule is O=CNC(=O)Cc1ccc(OCCO)cc1. The maximum absolute atomic E-state index is 11.1. The van der Waals surface area contributed by atoms with Gasteiger partial charge in [0, 0.05) is 0 Å². The van der Waals surface area contributed by atoms with Gasteiger partial charge in [0.15, 0.2) is 0 Å². The van der Waals surface area contributed by atoms with E-state index in [4.69, 9.17) is 9.84 Å². The first-order valence-electron chi connectivity index (χ1n) is 4.82. The van der Waals surface area contributed by atoms with Gasteiger partial charge in [-0.15, -0.1) is 0 Å². The van der Waals surface area contributed by atoms with Crippen molar-refractivity contribution < 1.29 is 19.4 Å². The molecule has 0 aromatic heterocycles. The maximum Gasteiger partial charge on any atom is 0.230 e. The Balaban J connectivity index is 2.50. The van der Waals surface area contributed by atoms with E-state index in [0.717, 1.165) is 5.56 Å². The van der Waals surface area contributed by atoms with E-state index < -0.39 is 0 Å². The third-order valence-corrected chi connectivity index (χ3v) is 1.87. The highest BCUT2D eigenvalue weighted by atomic mass is 16.5. The van der Waals surface area contributed by atoms with Crippen molar-refractivity contribution in [3.8, 4) is 5.75 Å². The summed E-state index contributed by atoms with van der Waals surface area (Å²) in [4.78, 5) is 21.1. The van der Waals surface area contributed by atoms with Crippen molar-refractivity contribution in [2.24, 2.45) is 0 Å². The molecule has 0 unspecified atom stereocenters. The molecule has 5 heteroatoms. The molecule has 0 radical (unpaired) electrons. The molecule has 0 atom stereocenters. The number of hydrogen-bond donors (Lipinski definition) is 2. The Bertz CT molecular complexity index is 348. The summed E-state index contributed by atoms with van der Waals surface area (Å²) in [5.74, 6) is 0.285. The topological polar surface area (TPSA) is 75.6 Å². The number of ether oxygens (including phenoxy) is 1. The van der Waals surface area contributed by atoms with Crippen molar-refractivity contribution >= 4 is 12.3 Å². The monoisotopic (exact) mass is 223 g/mol. The molecular weight excluding hydrogens is 210 g/mol. The zero-order valence-electron chi connectivity index (χ0n) is 8.68. The number of rotatable bonds is 6. The lowest BCUT2D eigenvalue weighted by Gasteiger charge is -2.05. The van der Waals surface area contributed by atoms with Crippen LogP contribution in [0.2, 0.25) is 0 Å². The Morgan fingerprint density at radius 3 is 2.62 bits per heavy atom. The van der Waals surface area contributed by atoms with Crippen molar-refractivity contribution in [2.75, 3.05) is 13.2 Å². The Morgan fingerprint density at radius 2 is 2.06 bits per heavy atom. The second-order valence-corrected chi connectivity index (χ2v) is 3.08. The number of aliphatic hydroxyl groups is 1. The fraction of sp³-hybridized carbons (Fsp3) is 0.273. The quantitative estimate of drug-likeness (QED) is 0.659. The lowest BCUT2D eigenvalue weighted by Crippen LogP contribution is -2.23. The van der Waals surface area contributed by atoms with Gasteiger partial charge >= 0.3 is 0 Å². The van der Waals surface area contributed by atoms with Gasteiger partial charge in [0.1, 0.15) is 12.4 Å². The molecule has 2 amide bonds. The average molecular weight is 223 g/mol. The van der Waals surface area contributed by atoms with Crippen LogP contribution >= 0.6 is 0 Å². The number of nitrogens with one attached hydrogen (secondary N) is 1. The summed E-state index contributed by atoms with van der Waals surface area (Å²) in [6, 6.07) is 6.88. The summed E-state index contributed by atoms with van der Waals surface area (Å²) in [6.07, 6.45) is 0.514. The normalized spacial score (nSPS) is 9.56. The molecule has 0 aliphatic rings. The van der Waals surface area contributed by atoms with Crippen molar-refractivity contribution in [1.29, 1.82) is 0 Å². The number of aliphatic hydroxyl groups excluding tert-OH is 1. The first-order chi connectivity index (χ1) is 7.76. The molecule has 0 saturated carbocycles. The second kappa shape index (κ2) is 6.58. The van der Waals surface area contributed by atoms with Crippen LogP contribution in [-0.4, -0.2) is 30.6 Å². The molecule has 0 bridgehead atoms. The van der Waals surface area contributed by atoms with Crippen molar-refractivity contribution in [1.82, 2.24) is 5.32 Å². The Labute approximate surface area is 93.0 Å². The van der Waals surface area contributed by atoms with E-state index in [1.54, 1.807) is 24.3 Å². The van der Waals surface area contributed by atoms with Crippen LogP contribution in [0.25, 0.3) is 0 Å². The van der Waals surface area contributed by atoms with Crippen LogP contribution in [0.4, 0.5) is 0 Å². The van der Waals surface area contributed by atoms with Gasteiger partial charge in [-0.05, 0) is 17.7 Å². The molecule has 0 aliphatic carbocycles. The summed E-state index contributed by atoms with van der Waals surface area (Å²) in [5.41, 5.74) is 0.788. The summed E-state index contributed by atoms with van der Waals surface area (Å²) in [7, 11) is 0. The predicted molar refractivity (Wildman–Crippen MR) is 56.9 cm³/mol. The summed E-state index contributed by atoms with van der Waals surface area (Å²) in [5, 5.41) is 10.6. The summed E-state index contributed by atoms with van der Waals surface area (Å²) >= 11 is 0. The molecule has 1 rings (SSSR count). The standard InChI is InChI=1S/C11H13NO4/c13-5-6-16-10-3-1-9(2-4-10)7-11(15)12-8-14/h1-4,8,13H,5-7H2,(H,12,14,15). The highest BCUT2D eigenvalue weighted by Crippen LogP contribution is 2.12. The Morgan fingerprint density at radius 1 is 1.38 bits per heavy atom. The lowest BCUT2D eigenvalue weighted by molar-refractivity contribution is -0.124. The van der Waals surface area contributed by atoms with Gasteiger partial charge in [0.25, 0.3) is 0 Å². The van der Waals surface area contributed by atoms with E-state index in [9.17, 15) is 9.59 Å². The first kappa shape index (κ1) is 12.2. The molecule has 2 N–H and O–H groups in total. The van der Waals surface area contributed by atoms with E-state index in [-0.39, 0.29) is 25.5 Å². The summed E-state index contributed by atoms with van der Waals surface area (Å²) in [6.45, 7) is 0.203. The smallest absolute Gasteiger partial charge is 0.230 e. The van der Waals surface area contributed by atoms with E-state index in [0.29, 0.717) is 12.2 Å². The zero-order valence-corrected chi connectivity index (χ0v) is 8.68. The van der Waals surface area contributed by atoms with Gasteiger partial charge in [-0.3, -0.25) is 14.9 Å². The third kappa shape index (κ3) is 4.10. The van der Waals surface area contributed by atoms with Gasteiger partial charge in [0.2, 0.25) is 12.3 Å². The number of carbonyl (C=O) groups is 2. The maximum atomic E-state index is 11.1. The second-order valence-electron chi connectivity index (χ2n) is 3.08. The summed E-state index contributed by atoms with van der Waals surface area (Å²) < 4.78 is 5.16. The van der Waals surface area contributed by atoms with Crippen LogP contribution in [0.1, 0.15) is 5.56 Å². The molecule has 0 aliphatic heterocycles. The highest BCUT2D eigenvalue weighted by Gasteiger charge is 2.02. The van der Waals surface area contributed by atoms with Crippen LogP contribution in [-0.2, 0) is 16.0 Å². The van der Waals surface area contributed by atoms with Gasteiger partial charge in [-0.2, -0.15) is 0 Å². The Hall–Kier alpha value is -1.88. The molecule has 0 fully saturated rings. The third-order valence-electron chi connectivity index (χ3n) is 1.87. The van der Waals surface area contributed by atoms with E-state index >= 15 is 0 Å². The number of carbonyl (C=O) groups excluding carboxylic acids is 2. The largest absolute Gasteiger partial charge is 0.491 e. The minimum atomic E-state index is -0.348. The number of benzene rings is 1. The fourth-order valence-corrected chi connectivity index (χ4v) is 1.17. The van der Waals surface area contributed by atoms with Gasteiger partial charge in [0.05, 0.1) is 13.0 Å². The highest BCUT2D eigenvalue weighted by molar-refractivity contribution is 5.87. The average Bonchev–Trinajstić information content (AvgIpc) is 2.28. The van der Waals surface area contributed by atoms with Crippen LogP contribution in [0.3, 0.4) is 0 Å². The Kier molecular flexibility index (Phi) is 5.01. The first-order valence-corrected chi connectivity index (χ1v) is 4.82. The van der Waals surface area contributed by atoms with Crippen LogP contribution in [0, 0.1) is 0 Å². The minimum absolute atomic E-state index is 0.0382. The number of hydrogen-bond acceptors (Lipinski definition) is 4. The minimum Gasteiger partial charge on any atom is -0.491 e. The number of imide groups is 1. The van der Waals surface area contributed by atoms with Crippen molar-refractivity contribution in [3.63, 3.8) is 0 Å². The number of amides is 2. The fourth-order valence-electron chi connectivity index (χ4n) is 1.17. The van der Waals surface area contributed by atoms with E-state index in [1.165, 1.54) is 0 Å². The zero-order chi connectivity index (χ0) is 11.8. The molecule has 1 aromatic carbocycles. The molecular formula is C11H13NO4. The molecule has 0 spiro atoms. The molecule has 5 nitrogen and oxygen atoms in total. The molecule has 16 heavy (non-hydrogen) atoms. The van der Waals surface area contributed by atoms with Gasteiger partial charge in [-0.25, -0.2) is 0 Å². The lowest BCUT2D eigenvalue weighted by atomic mass is 10.1. The van der Waals surface area contributed by atoms with Crippen LogP contribution in [0.5, 0.6) is 5.75 Å². The van der Waals surface area contributed by atoms with Gasteiger partial charge in [-0.1, -0.05) is 12.1 Å². The molecule has 0 saturated heterocycles. The van der Waals surface area contributed by atoms with Gasteiger partial charge < -0.3 is 9.84 Å². The molecule has 0 heterocycles. The van der Waals surface area contributed by atoms with Crippen molar-refractivity contribution in [2.45, 2.75) is 6.42 Å². The molecule has 86 valence electrons. The van der Waals surface area contributed by atoms with Crippen molar-refractivity contribution in [3.05, 3.63) is 29.8 Å². The van der Waals surface area contributed by atoms with Crippen LogP contribution in [0.15, 0.2) is 24.3 Å². The molecule has 1 aromatic rings. The van der Waals surface area contributed by atoms with E-state index in [1.807, 2.05) is 0 Å². The predicted octanol–water partition coefficient (Wildman–Crippen LogP) is -0.127. The van der Waals surface area contributed by atoms with Crippen LogP contribution < -0.4 is 10.1 Å². The van der Waals surface area contributed by atoms with E-state index in [2.05, 4.69) is 5.32 Å².